The van der Waals surface area contributed by atoms with Crippen molar-refractivity contribution in [2.24, 2.45) is 0 Å². The Labute approximate surface area is 105 Å². The molecule has 1 unspecified atom stereocenters. The lowest BCUT2D eigenvalue weighted by atomic mass is 9.77. The Kier molecular flexibility index (Phi) is 3.72. The van der Waals surface area contributed by atoms with E-state index in [-0.39, 0.29) is 13.2 Å². The minimum absolute atomic E-state index is 0.187. The molecular weight excluding hydrogens is 240 g/mol. The third kappa shape index (κ3) is 2.28. The molecule has 1 aliphatic heterocycles. The molecule has 2 amide bonds. The van der Waals surface area contributed by atoms with Crippen molar-refractivity contribution < 1.29 is 24.5 Å². The fourth-order valence-corrected chi connectivity index (χ4v) is 2.27. The number of carboxylic acid groups (broad SMARTS) is 1. The van der Waals surface area contributed by atoms with Crippen molar-refractivity contribution in [1.29, 1.82) is 0 Å². The number of ether oxygens (including phenoxy) is 1. The van der Waals surface area contributed by atoms with Crippen LogP contribution in [0.1, 0.15) is 19.3 Å². The molecule has 1 saturated carbocycles. The molecule has 102 valence electrons. The average Bonchev–Trinajstić information content (AvgIpc) is 2.33. The van der Waals surface area contributed by atoms with E-state index in [0.717, 1.165) is 6.42 Å². The molecule has 0 radical (unpaired) electrons. The number of amides is 2. The molecule has 7 nitrogen and oxygen atoms in total. The van der Waals surface area contributed by atoms with Crippen LogP contribution in [-0.4, -0.2) is 65.1 Å². The smallest absolute Gasteiger partial charge is 0.329 e. The summed E-state index contributed by atoms with van der Waals surface area (Å²) in [6.07, 6.45) is 1.73. The molecule has 0 bridgehead atoms. The molecule has 1 heterocycles. The van der Waals surface area contributed by atoms with Crippen molar-refractivity contribution in [3.8, 4) is 0 Å². The molecule has 2 aliphatic rings. The number of carboxylic acids is 1. The number of aliphatic hydroxyl groups excluding tert-OH is 1. The predicted octanol–water partition coefficient (Wildman–Crippen LogP) is -0.604. The summed E-state index contributed by atoms with van der Waals surface area (Å²) in [5.74, 6) is -0.990. The second kappa shape index (κ2) is 5.11. The molecule has 0 spiro atoms. The van der Waals surface area contributed by atoms with Crippen molar-refractivity contribution in [3.05, 3.63) is 0 Å². The van der Waals surface area contributed by atoms with E-state index in [4.69, 9.17) is 9.84 Å². The highest BCUT2D eigenvalue weighted by Gasteiger charge is 2.47. The third-order valence-electron chi connectivity index (χ3n) is 3.66. The van der Waals surface area contributed by atoms with Crippen LogP contribution in [0.25, 0.3) is 0 Å². The Hall–Kier alpha value is -1.34. The molecule has 18 heavy (non-hydrogen) atoms. The van der Waals surface area contributed by atoms with Gasteiger partial charge >= 0.3 is 12.0 Å². The number of carbonyl (C=O) groups is 2. The van der Waals surface area contributed by atoms with Crippen LogP contribution >= 0.6 is 0 Å². The van der Waals surface area contributed by atoms with E-state index >= 15 is 0 Å². The average molecular weight is 258 g/mol. The Morgan fingerprint density at radius 2 is 2.17 bits per heavy atom. The first-order valence-corrected chi connectivity index (χ1v) is 6.10. The van der Waals surface area contributed by atoms with Crippen molar-refractivity contribution in [1.82, 2.24) is 10.2 Å². The van der Waals surface area contributed by atoms with E-state index < -0.39 is 23.6 Å². The van der Waals surface area contributed by atoms with E-state index in [1.54, 1.807) is 0 Å². The van der Waals surface area contributed by atoms with Crippen molar-refractivity contribution in [2.75, 3.05) is 26.4 Å². The Morgan fingerprint density at radius 1 is 1.44 bits per heavy atom. The first kappa shape index (κ1) is 13.1. The first-order chi connectivity index (χ1) is 8.59. The highest BCUT2D eigenvalue weighted by atomic mass is 16.5. The summed E-state index contributed by atoms with van der Waals surface area (Å²) in [4.78, 5) is 24.7. The fraction of sp³-hybridized carbons (Fsp3) is 0.818. The Bertz CT molecular complexity index is 342. The third-order valence-corrected chi connectivity index (χ3v) is 3.66. The van der Waals surface area contributed by atoms with Crippen molar-refractivity contribution in [3.63, 3.8) is 0 Å². The van der Waals surface area contributed by atoms with Crippen LogP contribution in [0.3, 0.4) is 0 Å². The second-order valence-electron chi connectivity index (χ2n) is 4.78. The van der Waals surface area contributed by atoms with Crippen LogP contribution in [-0.2, 0) is 9.53 Å². The number of nitrogens with one attached hydrogen (secondary N) is 1. The van der Waals surface area contributed by atoms with Gasteiger partial charge in [-0.15, -0.1) is 0 Å². The van der Waals surface area contributed by atoms with Gasteiger partial charge in [0.2, 0.25) is 0 Å². The number of nitrogens with zero attached hydrogens (tertiary/aromatic N) is 1. The van der Waals surface area contributed by atoms with Gasteiger partial charge in [0.25, 0.3) is 0 Å². The van der Waals surface area contributed by atoms with Gasteiger partial charge in [0.15, 0.2) is 0 Å². The Morgan fingerprint density at radius 3 is 2.67 bits per heavy atom. The minimum Gasteiger partial charge on any atom is -0.480 e. The number of urea groups is 1. The lowest BCUT2D eigenvalue weighted by Crippen LogP contribution is -2.64. The standard InChI is InChI=1S/C11H18N2O5/c14-6-8-7-18-5-4-13(8)10(17)12-11(9(15)16)2-1-3-11/h8,14H,1-7H2,(H,12,17)(H,15,16). The lowest BCUT2D eigenvalue weighted by Gasteiger charge is -2.42. The second-order valence-corrected chi connectivity index (χ2v) is 4.78. The summed E-state index contributed by atoms with van der Waals surface area (Å²) in [7, 11) is 0. The fourth-order valence-electron chi connectivity index (χ4n) is 2.27. The largest absolute Gasteiger partial charge is 0.480 e. The van der Waals surface area contributed by atoms with Crippen LogP contribution in [0.5, 0.6) is 0 Å². The highest BCUT2D eigenvalue weighted by Crippen LogP contribution is 2.32. The molecule has 0 aromatic heterocycles. The number of aliphatic hydroxyl groups is 1. The van der Waals surface area contributed by atoms with Gasteiger partial charge in [0.05, 0.1) is 25.9 Å². The van der Waals surface area contributed by atoms with Crippen LogP contribution < -0.4 is 5.32 Å². The summed E-state index contributed by atoms with van der Waals surface area (Å²) in [6.45, 7) is 0.869. The number of morpholine rings is 1. The van der Waals surface area contributed by atoms with Gasteiger partial charge in [0.1, 0.15) is 5.54 Å². The van der Waals surface area contributed by atoms with Gasteiger partial charge in [-0.05, 0) is 19.3 Å². The predicted molar refractivity (Wildman–Crippen MR) is 61.1 cm³/mol. The number of aliphatic carboxylic acids is 1. The van der Waals surface area contributed by atoms with E-state index in [9.17, 15) is 14.7 Å². The van der Waals surface area contributed by atoms with Gasteiger partial charge in [-0.3, -0.25) is 0 Å². The van der Waals surface area contributed by atoms with Crippen molar-refractivity contribution in [2.45, 2.75) is 30.8 Å². The molecule has 1 aliphatic carbocycles. The van der Waals surface area contributed by atoms with E-state index in [1.807, 2.05) is 0 Å². The summed E-state index contributed by atoms with van der Waals surface area (Å²) >= 11 is 0. The zero-order valence-corrected chi connectivity index (χ0v) is 10.1. The van der Waals surface area contributed by atoms with Crippen LogP contribution in [0.4, 0.5) is 4.79 Å². The highest BCUT2D eigenvalue weighted by molar-refractivity contribution is 5.87. The molecule has 7 heteroatoms. The van der Waals surface area contributed by atoms with Gasteiger partial charge in [0, 0.05) is 6.54 Å². The maximum Gasteiger partial charge on any atom is 0.329 e. The molecular formula is C11H18N2O5. The molecule has 0 aromatic rings. The molecule has 1 saturated heterocycles. The van der Waals surface area contributed by atoms with Crippen LogP contribution in [0, 0.1) is 0 Å². The first-order valence-electron chi connectivity index (χ1n) is 6.10. The summed E-state index contributed by atoms with van der Waals surface area (Å²) in [5, 5.41) is 20.9. The van der Waals surface area contributed by atoms with Crippen LogP contribution in [0.15, 0.2) is 0 Å². The summed E-state index contributed by atoms with van der Waals surface area (Å²) in [6, 6.07) is -0.830. The maximum absolute atomic E-state index is 12.1. The van der Waals surface area contributed by atoms with Gasteiger partial charge in [-0.2, -0.15) is 0 Å². The minimum atomic E-state index is -1.12. The van der Waals surface area contributed by atoms with Gasteiger partial charge in [-0.1, -0.05) is 0 Å². The quantitative estimate of drug-likeness (QED) is 0.627. The summed E-state index contributed by atoms with van der Waals surface area (Å²) in [5.41, 5.74) is -1.12. The zero-order chi connectivity index (χ0) is 13.2. The number of hydrogen-bond donors (Lipinski definition) is 3. The SMILES string of the molecule is O=C(NC1(C(=O)O)CCC1)N1CCOCC1CO. The topological polar surface area (TPSA) is 99.1 Å². The molecule has 2 fully saturated rings. The molecule has 0 aromatic carbocycles. The van der Waals surface area contributed by atoms with Crippen molar-refractivity contribution >= 4 is 12.0 Å². The normalized spacial score (nSPS) is 26.3. The molecule has 3 N–H and O–H groups in total. The van der Waals surface area contributed by atoms with E-state index in [0.29, 0.717) is 26.0 Å². The lowest BCUT2D eigenvalue weighted by molar-refractivity contribution is -0.148. The maximum atomic E-state index is 12.1. The summed E-state index contributed by atoms with van der Waals surface area (Å²) < 4.78 is 5.17. The van der Waals surface area contributed by atoms with E-state index in [1.165, 1.54) is 4.90 Å². The molecule has 2 rings (SSSR count). The number of rotatable bonds is 3. The van der Waals surface area contributed by atoms with Gasteiger partial charge in [-0.25, -0.2) is 9.59 Å². The number of carbonyl (C=O) groups excluding carboxylic acids is 1. The Balaban J connectivity index is 2.00. The monoisotopic (exact) mass is 258 g/mol. The van der Waals surface area contributed by atoms with Gasteiger partial charge < -0.3 is 25.2 Å². The van der Waals surface area contributed by atoms with E-state index in [2.05, 4.69) is 5.32 Å². The molecule has 1 atom stereocenters. The number of hydrogen-bond acceptors (Lipinski definition) is 4. The zero-order valence-electron chi connectivity index (χ0n) is 10.1. The van der Waals surface area contributed by atoms with Crippen LogP contribution in [0.2, 0.25) is 0 Å².